The second-order valence-corrected chi connectivity index (χ2v) is 8.91. The van der Waals surface area contributed by atoms with Crippen molar-refractivity contribution in [2.24, 2.45) is 5.41 Å². The number of amides is 1. The van der Waals surface area contributed by atoms with Crippen molar-refractivity contribution >= 4 is 24.7 Å². The van der Waals surface area contributed by atoms with E-state index >= 15 is 0 Å². The first-order chi connectivity index (χ1) is 12.6. The fourth-order valence-corrected chi connectivity index (χ4v) is 4.52. The molecule has 0 spiro atoms. The maximum atomic E-state index is 13.3. The molecule has 1 amide bonds. The molecule has 141 valence electrons. The van der Waals surface area contributed by atoms with Gasteiger partial charge in [0, 0.05) is 30.5 Å². The van der Waals surface area contributed by atoms with Crippen LogP contribution in [-0.4, -0.2) is 39.6 Å². The topological polar surface area (TPSA) is 78.6 Å². The number of hydrogen-bond acceptors (Lipinski definition) is 4. The zero-order valence-corrected chi connectivity index (χ0v) is 16.3. The van der Waals surface area contributed by atoms with Crippen LogP contribution in [0.15, 0.2) is 18.3 Å². The van der Waals surface area contributed by atoms with E-state index in [1.807, 2.05) is 6.07 Å². The molecule has 0 bridgehead atoms. The molecule has 6 nitrogen and oxygen atoms in total. The molecule has 4 rings (SSSR count). The van der Waals surface area contributed by atoms with Gasteiger partial charge in [-0.1, -0.05) is 13.8 Å². The lowest BCUT2D eigenvalue weighted by Gasteiger charge is -2.33. The minimum atomic E-state index is -1.25. The van der Waals surface area contributed by atoms with Gasteiger partial charge in [-0.15, -0.1) is 0 Å². The average molecular weight is 366 g/mol. The van der Waals surface area contributed by atoms with Crippen molar-refractivity contribution in [3.8, 4) is 0 Å². The Morgan fingerprint density at radius 3 is 2.67 bits per heavy atom. The number of fused-ring (bicyclic) bond motifs is 3. The van der Waals surface area contributed by atoms with Gasteiger partial charge >= 0.3 is 7.48 Å². The number of nitrogens with zero attached hydrogens (tertiary/aromatic N) is 3. The third kappa shape index (κ3) is 2.89. The number of hydrogen-bond donors (Lipinski definition) is 2. The molecule has 0 atom stereocenters. The van der Waals surface area contributed by atoms with Crippen molar-refractivity contribution in [2.75, 3.05) is 11.4 Å². The minimum absolute atomic E-state index is 0.110. The van der Waals surface area contributed by atoms with Gasteiger partial charge in [-0.05, 0) is 55.3 Å². The van der Waals surface area contributed by atoms with Crippen molar-refractivity contribution in [3.05, 3.63) is 40.8 Å². The summed E-state index contributed by atoms with van der Waals surface area (Å²) in [5.74, 6) is 0.296. The summed E-state index contributed by atoms with van der Waals surface area (Å²) in [4.78, 5) is 19.3. The van der Waals surface area contributed by atoms with Gasteiger partial charge in [0.25, 0.3) is 5.91 Å². The molecule has 2 N–H and O–H groups in total. The molecule has 7 heteroatoms. The Morgan fingerprint density at radius 1 is 1.26 bits per heavy atom. The van der Waals surface area contributed by atoms with Gasteiger partial charge in [-0.25, -0.2) is 4.98 Å². The standard InChI is InChI=1S/C20H25BN3O3/c1-19(2)10-12-9-14-18(25)24(8-7-23(14)15(12)11-19)17-16(20(3,4)26)13(21-27)5-6-22-17/h5-6,9,26-27H,7-8,10-11H2,1-4H3. The lowest BCUT2D eigenvalue weighted by atomic mass is 9.79. The van der Waals surface area contributed by atoms with Crippen LogP contribution in [0, 0.1) is 5.41 Å². The summed E-state index contributed by atoms with van der Waals surface area (Å²) in [6, 6.07) is 3.65. The molecule has 0 saturated carbocycles. The van der Waals surface area contributed by atoms with Crippen LogP contribution in [0.2, 0.25) is 0 Å². The van der Waals surface area contributed by atoms with E-state index in [1.165, 1.54) is 11.3 Å². The predicted octanol–water partition coefficient (Wildman–Crippen LogP) is 1.13. The number of aliphatic hydroxyl groups is 1. The zero-order valence-electron chi connectivity index (χ0n) is 16.3. The maximum Gasteiger partial charge on any atom is 0.327 e. The van der Waals surface area contributed by atoms with Gasteiger partial charge in [-0.3, -0.25) is 9.69 Å². The fraction of sp³-hybridized carbons (Fsp3) is 0.500. The number of carbonyl (C=O) groups excluding carboxylic acids is 1. The molecule has 0 unspecified atom stereocenters. The first-order valence-electron chi connectivity index (χ1n) is 9.35. The molecule has 0 fully saturated rings. The lowest BCUT2D eigenvalue weighted by molar-refractivity contribution is 0.0792. The van der Waals surface area contributed by atoms with E-state index in [-0.39, 0.29) is 11.3 Å². The van der Waals surface area contributed by atoms with Gasteiger partial charge in [0.05, 0.1) is 5.60 Å². The highest BCUT2D eigenvalue weighted by Gasteiger charge is 2.38. The van der Waals surface area contributed by atoms with Crippen LogP contribution in [0.5, 0.6) is 0 Å². The van der Waals surface area contributed by atoms with Crippen molar-refractivity contribution in [3.63, 3.8) is 0 Å². The molecule has 1 aliphatic heterocycles. The monoisotopic (exact) mass is 366 g/mol. The van der Waals surface area contributed by atoms with Crippen LogP contribution >= 0.6 is 0 Å². The second kappa shape index (κ2) is 5.94. The Kier molecular flexibility index (Phi) is 4.02. The summed E-state index contributed by atoms with van der Waals surface area (Å²) in [6.07, 6.45) is 3.52. The summed E-state index contributed by atoms with van der Waals surface area (Å²) in [5.41, 5.74) is 3.13. The number of carbonyl (C=O) groups is 1. The normalized spacial score (nSPS) is 18.4. The van der Waals surface area contributed by atoms with Crippen LogP contribution in [0.1, 0.15) is 55.0 Å². The van der Waals surface area contributed by atoms with Crippen molar-refractivity contribution in [2.45, 2.75) is 52.7 Å². The van der Waals surface area contributed by atoms with Crippen LogP contribution in [-0.2, 0) is 25.0 Å². The van der Waals surface area contributed by atoms with E-state index in [1.54, 1.807) is 31.0 Å². The Morgan fingerprint density at radius 2 is 2.00 bits per heavy atom. The third-order valence-electron chi connectivity index (χ3n) is 5.59. The zero-order chi connectivity index (χ0) is 19.6. The molecule has 27 heavy (non-hydrogen) atoms. The van der Waals surface area contributed by atoms with Gasteiger partial charge < -0.3 is 14.7 Å². The van der Waals surface area contributed by atoms with Gasteiger partial charge in [0.15, 0.2) is 0 Å². The lowest BCUT2D eigenvalue weighted by Crippen LogP contribution is -2.44. The van der Waals surface area contributed by atoms with E-state index in [9.17, 15) is 14.9 Å². The predicted molar refractivity (Wildman–Crippen MR) is 104 cm³/mol. The Hall–Kier alpha value is -2.12. The van der Waals surface area contributed by atoms with Gasteiger partial charge in [0.1, 0.15) is 11.5 Å². The summed E-state index contributed by atoms with van der Waals surface area (Å²) < 4.78 is 2.15. The van der Waals surface area contributed by atoms with Gasteiger partial charge in [0.2, 0.25) is 0 Å². The molecule has 0 aromatic carbocycles. The minimum Gasteiger partial charge on any atom is -0.450 e. The molecule has 2 aromatic rings. The Bertz CT molecular complexity index is 927. The van der Waals surface area contributed by atoms with E-state index < -0.39 is 5.60 Å². The van der Waals surface area contributed by atoms with E-state index in [0.717, 1.165) is 20.3 Å². The molecule has 2 aliphatic rings. The number of pyridine rings is 1. The third-order valence-corrected chi connectivity index (χ3v) is 5.59. The molecular formula is C20H25BN3O3. The molecular weight excluding hydrogens is 341 g/mol. The van der Waals surface area contributed by atoms with Crippen molar-refractivity contribution in [1.29, 1.82) is 0 Å². The van der Waals surface area contributed by atoms with E-state index in [4.69, 9.17) is 0 Å². The fourth-order valence-electron chi connectivity index (χ4n) is 4.52. The first-order valence-corrected chi connectivity index (χ1v) is 9.35. The molecule has 2 aromatic heterocycles. The van der Waals surface area contributed by atoms with Gasteiger partial charge in [-0.2, -0.15) is 0 Å². The highest BCUT2D eigenvalue weighted by atomic mass is 16.3. The highest BCUT2D eigenvalue weighted by Crippen LogP contribution is 2.39. The van der Waals surface area contributed by atoms with Crippen molar-refractivity contribution in [1.82, 2.24) is 9.55 Å². The quantitative estimate of drug-likeness (QED) is 0.799. The highest BCUT2D eigenvalue weighted by molar-refractivity contribution is 6.46. The number of rotatable bonds is 3. The van der Waals surface area contributed by atoms with Crippen LogP contribution in [0.4, 0.5) is 5.82 Å². The average Bonchev–Trinajstić information content (AvgIpc) is 3.06. The molecule has 1 radical (unpaired) electrons. The molecule has 3 heterocycles. The summed E-state index contributed by atoms with van der Waals surface area (Å²) >= 11 is 0. The van der Waals surface area contributed by atoms with E-state index in [2.05, 4.69) is 23.4 Å². The largest absolute Gasteiger partial charge is 0.450 e. The molecule has 0 saturated heterocycles. The van der Waals surface area contributed by atoms with Crippen LogP contribution < -0.4 is 10.4 Å². The Labute approximate surface area is 160 Å². The van der Waals surface area contributed by atoms with Crippen LogP contribution in [0.3, 0.4) is 0 Å². The number of anilines is 1. The van der Waals surface area contributed by atoms with E-state index in [0.29, 0.717) is 35.6 Å². The summed E-state index contributed by atoms with van der Waals surface area (Å²) in [7, 11) is 0.951. The Balaban J connectivity index is 1.77. The molecule has 1 aliphatic carbocycles. The maximum absolute atomic E-state index is 13.3. The number of aromatic nitrogens is 2. The SMILES string of the molecule is CC1(C)Cc2cc3n(c2C1)CCN(c1nccc([B]O)c1C(C)(C)O)C3=O. The smallest absolute Gasteiger partial charge is 0.327 e. The second-order valence-electron chi connectivity index (χ2n) is 8.91. The first kappa shape index (κ1) is 18.3. The van der Waals surface area contributed by atoms with Crippen LogP contribution in [0.25, 0.3) is 0 Å². The van der Waals surface area contributed by atoms with Crippen molar-refractivity contribution < 1.29 is 14.9 Å². The summed E-state index contributed by atoms with van der Waals surface area (Å²) in [5, 5.41) is 20.2. The summed E-state index contributed by atoms with van der Waals surface area (Å²) in [6.45, 7) is 8.97.